The zero-order chi connectivity index (χ0) is 44.8. The lowest BCUT2D eigenvalue weighted by Crippen LogP contribution is -2.63. The fraction of sp³-hybridized carbons (Fsp3) is 0.186. The van der Waals surface area contributed by atoms with Crippen molar-refractivity contribution in [3.8, 4) is 11.1 Å². The quantitative estimate of drug-likeness (QED) is 0.105. The second-order valence-electron chi connectivity index (χ2n) is 21.1. The Morgan fingerprint density at radius 2 is 0.859 bits per heavy atom. The van der Waals surface area contributed by atoms with Crippen molar-refractivity contribution in [1.29, 1.82) is 0 Å². The lowest BCUT2D eigenvalue weighted by Gasteiger charge is -2.52. The Kier molecular flexibility index (Phi) is 10.1. The molecule has 1 aliphatic rings. The van der Waals surface area contributed by atoms with Crippen LogP contribution in [0, 0.1) is 6.92 Å². The summed E-state index contributed by atoms with van der Waals surface area (Å²) in [5.41, 5.74) is 14.4. The van der Waals surface area contributed by atoms with Crippen LogP contribution in [0.4, 0.5) is 34.1 Å². The summed E-state index contributed by atoms with van der Waals surface area (Å²) in [4.78, 5) is 5.00. The van der Waals surface area contributed by atoms with E-state index in [0.717, 1.165) is 0 Å². The summed E-state index contributed by atoms with van der Waals surface area (Å²) >= 11 is 0. The highest BCUT2D eigenvalue weighted by molar-refractivity contribution is 7.00. The van der Waals surface area contributed by atoms with Gasteiger partial charge in [-0.2, -0.15) is 0 Å². The molecular formula is C59H60N2Si3. The summed E-state index contributed by atoms with van der Waals surface area (Å²) in [7, 11) is -5.90. The van der Waals surface area contributed by atoms with Gasteiger partial charge >= 0.3 is 0 Å². The number of hydrogen-bond acceptors (Lipinski definition) is 2. The van der Waals surface area contributed by atoms with E-state index in [-0.39, 0.29) is 4.66 Å². The van der Waals surface area contributed by atoms with E-state index in [1.165, 1.54) is 93.9 Å². The van der Waals surface area contributed by atoms with Gasteiger partial charge in [-0.3, -0.25) is 0 Å². The maximum Gasteiger partial charge on any atom is 0.0776 e. The van der Waals surface area contributed by atoms with Crippen molar-refractivity contribution < 1.29 is 0 Å². The van der Waals surface area contributed by atoms with E-state index < -0.39 is 24.2 Å². The Morgan fingerprint density at radius 1 is 0.359 bits per heavy atom. The van der Waals surface area contributed by atoms with Crippen LogP contribution in [0.3, 0.4) is 0 Å². The van der Waals surface area contributed by atoms with Crippen LogP contribution in [0.5, 0.6) is 0 Å². The van der Waals surface area contributed by atoms with Gasteiger partial charge in [-0.1, -0.05) is 179 Å². The molecule has 0 atom stereocenters. The third kappa shape index (κ3) is 6.54. The third-order valence-corrected chi connectivity index (χ3v) is 26.2. The van der Waals surface area contributed by atoms with E-state index in [2.05, 4.69) is 258 Å². The number of hydrogen-bond donors (Lipinski definition) is 0. The van der Waals surface area contributed by atoms with Gasteiger partial charge in [0.2, 0.25) is 0 Å². The molecule has 0 saturated heterocycles. The minimum atomic E-state index is -2.16. The molecule has 0 aliphatic heterocycles. The van der Waals surface area contributed by atoms with Crippen LogP contribution in [-0.4, -0.2) is 24.2 Å². The molecule has 0 bridgehead atoms. The zero-order valence-electron chi connectivity index (χ0n) is 39.2. The fourth-order valence-electron chi connectivity index (χ4n) is 11.8. The predicted molar refractivity (Wildman–Crippen MR) is 289 cm³/mol. The number of benzene rings is 9. The van der Waals surface area contributed by atoms with Gasteiger partial charge in [0, 0.05) is 38.5 Å². The number of aryl methyl sites for hydroxylation is 1. The molecule has 1 aliphatic carbocycles. The normalized spacial score (nSPS) is 13.6. The van der Waals surface area contributed by atoms with Crippen molar-refractivity contribution >= 4 is 95.9 Å². The highest BCUT2D eigenvalue weighted by Crippen LogP contribution is 2.64. The number of rotatable bonds is 9. The van der Waals surface area contributed by atoms with Gasteiger partial charge in [-0.05, 0) is 128 Å². The molecule has 0 fully saturated rings. The van der Waals surface area contributed by atoms with Crippen molar-refractivity contribution in [2.45, 2.75) is 70.5 Å². The largest absolute Gasteiger partial charge is 0.310 e. The third-order valence-electron chi connectivity index (χ3n) is 14.1. The highest BCUT2D eigenvalue weighted by atomic mass is 28.4. The molecule has 0 saturated carbocycles. The average Bonchev–Trinajstić information content (AvgIpc) is 3.61. The minimum absolute atomic E-state index is 0.132. The summed E-state index contributed by atoms with van der Waals surface area (Å²) in [5, 5.41) is 9.46. The molecule has 9 aromatic rings. The second-order valence-corrected chi connectivity index (χ2v) is 37.2. The van der Waals surface area contributed by atoms with Crippen LogP contribution in [0.2, 0.25) is 58.9 Å². The maximum atomic E-state index is 2.67. The summed E-state index contributed by atoms with van der Waals surface area (Å²) in [6, 6.07) is 69.0. The zero-order valence-corrected chi connectivity index (χ0v) is 42.2. The van der Waals surface area contributed by atoms with Gasteiger partial charge < -0.3 is 9.80 Å². The summed E-state index contributed by atoms with van der Waals surface area (Å²) < 4.78 is -0.132. The van der Waals surface area contributed by atoms with Gasteiger partial charge in [0.25, 0.3) is 0 Å². The maximum absolute atomic E-state index is 2.67. The van der Waals surface area contributed by atoms with Crippen molar-refractivity contribution in [3.05, 3.63) is 199 Å². The van der Waals surface area contributed by atoms with E-state index in [1.54, 1.807) is 5.56 Å². The summed E-state index contributed by atoms with van der Waals surface area (Å²) in [5.74, 6) is 0. The van der Waals surface area contributed by atoms with Gasteiger partial charge in [0.05, 0.1) is 29.9 Å². The highest BCUT2D eigenvalue weighted by Gasteiger charge is 2.60. The molecule has 64 heavy (non-hydrogen) atoms. The number of anilines is 6. The predicted octanol–water partition coefficient (Wildman–Crippen LogP) is 17.0. The van der Waals surface area contributed by atoms with E-state index >= 15 is 0 Å². The van der Waals surface area contributed by atoms with Crippen LogP contribution < -0.4 is 15.0 Å². The van der Waals surface area contributed by atoms with Crippen molar-refractivity contribution in [2.24, 2.45) is 0 Å². The standard InChI is InChI=1S/C59H60N2Si3/c1-41-23-21-28-44(37-41)61(43-26-15-12-16-27-43)55-40-54-56(51-34-20-18-32-49(51)55)57-50-33-19-17-31-48(50)53-39-46(35-36-52(53)58(57)59(54,63(5,6)7)64(8,9)10)60(42-24-13-11-14-25-42)45-29-22-30-47(38-45)62(2,3)4/h11-40H,1-10H3. The van der Waals surface area contributed by atoms with Crippen LogP contribution in [0.25, 0.3) is 43.4 Å². The van der Waals surface area contributed by atoms with E-state index in [4.69, 9.17) is 0 Å². The molecule has 5 heteroatoms. The van der Waals surface area contributed by atoms with Gasteiger partial charge in [-0.15, -0.1) is 0 Å². The van der Waals surface area contributed by atoms with Crippen LogP contribution in [-0.2, 0) is 4.66 Å². The molecule has 2 nitrogen and oxygen atoms in total. The Balaban J connectivity index is 1.34. The first kappa shape index (κ1) is 42.0. The van der Waals surface area contributed by atoms with Crippen LogP contribution >= 0.6 is 0 Å². The molecular weight excluding hydrogens is 821 g/mol. The Morgan fingerprint density at radius 3 is 1.45 bits per heavy atom. The molecule has 10 rings (SSSR count). The van der Waals surface area contributed by atoms with E-state index in [9.17, 15) is 0 Å². The minimum Gasteiger partial charge on any atom is -0.310 e. The molecule has 318 valence electrons. The molecule has 9 aromatic carbocycles. The second kappa shape index (κ2) is 15.3. The number of para-hydroxylation sites is 2. The molecule has 0 radical (unpaired) electrons. The molecule has 0 unspecified atom stereocenters. The summed E-state index contributed by atoms with van der Waals surface area (Å²) in [6.45, 7) is 25.5. The Labute approximate surface area is 383 Å². The topological polar surface area (TPSA) is 6.48 Å². The molecule has 0 aromatic heterocycles. The lowest BCUT2D eigenvalue weighted by atomic mass is 9.89. The number of fused-ring (bicyclic) bond motifs is 10. The van der Waals surface area contributed by atoms with Crippen LogP contribution in [0.1, 0.15) is 16.7 Å². The van der Waals surface area contributed by atoms with Gasteiger partial charge in [0.1, 0.15) is 0 Å². The van der Waals surface area contributed by atoms with Crippen molar-refractivity contribution in [2.75, 3.05) is 9.80 Å². The van der Waals surface area contributed by atoms with Crippen LogP contribution in [0.15, 0.2) is 182 Å². The fourth-order valence-corrected chi connectivity index (χ4v) is 26.0. The monoisotopic (exact) mass is 880 g/mol. The van der Waals surface area contributed by atoms with Gasteiger partial charge in [0.15, 0.2) is 0 Å². The van der Waals surface area contributed by atoms with E-state index in [0.29, 0.717) is 0 Å². The SMILES string of the molecule is Cc1cccc(N(c2ccccc2)c2cc3c(c4ccccc24)-c2c(c4ccc(N(c5ccccc5)c5cccc([Si](C)(C)C)c5)cc4c4ccccc24)C3([Si](C)(C)C)[Si](C)(C)C)c1. The van der Waals surface area contributed by atoms with Crippen molar-refractivity contribution in [3.63, 3.8) is 0 Å². The Bertz CT molecular complexity index is 3230. The first-order chi connectivity index (χ1) is 30.6. The molecule has 0 spiro atoms. The molecule has 0 heterocycles. The molecule has 0 amide bonds. The van der Waals surface area contributed by atoms with E-state index in [1.807, 2.05) is 0 Å². The summed E-state index contributed by atoms with van der Waals surface area (Å²) in [6.07, 6.45) is 0. The first-order valence-corrected chi connectivity index (χ1v) is 33.5. The van der Waals surface area contributed by atoms with Gasteiger partial charge in [-0.25, -0.2) is 0 Å². The smallest absolute Gasteiger partial charge is 0.0776 e. The first-order valence-electron chi connectivity index (χ1n) is 23.0. The Hall–Kier alpha value is -5.99. The van der Waals surface area contributed by atoms with Crippen molar-refractivity contribution in [1.82, 2.24) is 0 Å². The average molecular weight is 881 g/mol. The lowest BCUT2D eigenvalue weighted by molar-refractivity contribution is 0.963. The molecule has 0 N–H and O–H groups in total. The number of nitrogens with zero attached hydrogens (tertiary/aromatic N) is 2.